The monoisotopic (exact) mass is 209 g/mol. The maximum absolute atomic E-state index is 10.4. The summed E-state index contributed by atoms with van der Waals surface area (Å²) < 4.78 is 0. The second kappa shape index (κ2) is 4.72. The summed E-state index contributed by atoms with van der Waals surface area (Å²) in [7, 11) is 0. The minimum atomic E-state index is -0.925. The summed E-state index contributed by atoms with van der Waals surface area (Å²) in [6.07, 6.45) is 0. The van der Waals surface area contributed by atoms with E-state index in [2.05, 4.69) is 15.3 Å². The van der Waals surface area contributed by atoms with E-state index in [0.717, 1.165) is 11.4 Å². The van der Waals surface area contributed by atoms with E-state index in [9.17, 15) is 4.79 Å². The number of hydrogen-bond donors (Lipinski definition) is 2. The molecule has 1 aromatic heterocycles. The second-order valence-corrected chi connectivity index (χ2v) is 3.66. The Morgan fingerprint density at radius 2 is 2.20 bits per heavy atom. The fourth-order valence-corrected chi connectivity index (χ4v) is 1.12. The lowest BCUT2D eigenvalue weighted by atomic mass is 10.1. The molecule has 5 nitrogen and oxygen atoms in total. The van der Waals surface area contributed by atoms with Gasteiger partial charge in [-0.15, -0.1) is 0 Å². The Bertz CT molecular complexity index is 364. The molecule has 0 aliphatic carbocycles. The first-order chi connectivity index (χ1) is 6.99. The zero-order chi connectivity index (χ0) is 11.4. The lowest BCUT2D eigenvalue weighted by Crippen LogP contribution is -2.15. The molecule has 15 heavy (non-hydrogen) atoms. The van der Waals surface area contributed by atoms with Crippen LogP contribution in [0.5, 0.6) is 0 Å². The minimum absolute atomic E-state index is 0.166. The third-order valence-corrected chi connectivity index (χ3v) is 1.86. The molecule has 1 aromatic rings. The van der Waals surface area contributed by atoms with Gasteiger partial charge in [0, 0.05) is 11.4 Å². The van der Waals surface area contributed by atoms with Crippen molar-refractivity contribution in [2.24, 2.45) is 0 Å². The molecule has 0 bridgehead atoms. The van der Waals surface area contributed by atoms with Crippen LogP contribution < -0.4 is 5.32 Å². The number of rotatable bonds is 4. The van der Waals surface area contributed by atoms with E-state index in [1.165, 1.54) is 0 Å². The molecule has 0 aliphatic rings. The fraction of sp³-hybridized carbons (Fsp3) is 0.500. The number of aryl methyl sites for hydroxylation is 1. The van der Waals surface area contributed by atoms with Crippen LogP contribution in [0, 0.1) is 6.92 Å². The highest BCUT2D eigenvalue weighted by Crippen LogP contribution is 2.13. The van der Waals surface area contributed by atoms with Gasteiger partial charge in [0.1, 0.15) is 6.54 Å². The summed E-state index contributed by atoms with van der Waals surface area (Å²) in [5.41, 5.74) is 1.75. The molecule has 0 aromatic carbocycles. The molecule has 0 fully saturated rings. The number of carboxylic acids is 1. The number of carboxylic acid groups (broad SMARTS) is 1. The molecular weight excluding hydrogens is 194 g/mol. The van der Waals surface area contributed by atoms with Crippen molar-refractivity contribution in [1.82, 2.24) is 9.97 Å². The maximum atomic E-state index is 10.4. The Kier molecular flexibility index (Phi) is 3.60. The van der Waals surface area contributed by atoms with Gasteiger partial charge < -0.3 is 10.4 Å². The SMILES string of the molecule is Cc1cc(C(C)C)nc(NCC(=O)O)n1. The Morgan fingerprint density at radius 1 is 1.53 bits per heavy atom. The van der Waals surface area contributed by atoms with Gasteiger partial charge in [0.15, 0.2) is 0 Å². The molecule has 0 spiro atoms. The van der Waals surface area contributed by atoms with Crippen LogP contribution >= 0.6 is 0 Å². The Morgan fingerprint density at radius 3 is 2.73 bits per heavy atom. The summed E-state index contributed by atoms with van der Waals surface area (Å²) >= 11 is 0. The number of aliphatic carboxylic acids is 1. The van der Waals surface area contributed by atoms with Crippen LogP contribution in [0.25, 0.3) is 0 Å². The molecule has 0 aliphatic heterocycles. The molecular formula is C10H15N3O2. The number of carbonyl (C=O) groups is 1. The van der Waals surface area contributed by atoms with Gasteiger partial charge in [-0.05, 0) is 18.9 Å². The molecule has 1 rings (SSSR count). The van der Waals surface area contributed by atoms with Gasteiger partial charge in [0.2, 0.25) is 5.95 Å². The number of anilines is 1. The van der Waals surface area contributed by atoms with Crippen molar-refractivity contribution in [1.29, 1.82) is 0 Å². The normalized spacial score (nSPS) is 10.4. The van der Waals surface area contributed by atoms with Gasteiger partial charge in [-0.1, -0.05) is 13.8 Å². The highest BCUT2D eigenvalue weighted by Gasteiger charge is 2.06. The van der Waals surface area contributed by atoms with Crippen molar-refractivity contribution in [2.75, 3.05) is 11.9 Å². The molecule has 0 radical (unpaired) electrons. The van der Waals surface area contributed by atoms with Crippen molar-refractivity contribution in [2.45, 2.75) is 26.7 Å². The van der Waals surface area contributed by atoms with Crippen LogP contribution in [-0.4, -0.2) is 27.6 Å². The van der Waals surface area contributed by atoms with E-state index in [1.54, 1.807) is 0 Å². The van der Waals surface area contributed by atoms with Crippen LogP contribution in [0.3, 0.4) is 0 Å². The lowest BCUT2D eigenvalue weighted by molar-refractivity contribution is -0.134. The largest absolute Gasteiger partial charge is 0.480 e. The Balaban J connectivity index is 2.84. The average Bonchev–Trinajstić information content (AvgIpc) is 2.13. The predicted molar refractivity (Wildman–Crippen MR) is 57.0 cm³/mol. The first-order valence-corrected chi connectivity index (χ1v) is 4.80. The number of hydrogen-bond acceptors (Lipinski definition) is 4. The van der Waals surface area contributed by atoms with E-state index >= 15 is 0 Å². The Hall–Kier alpha value is -1.65. The summed E-state index contributed by atoms with van der Waals surface area (Å²) in [6, 6.07) is 1.90. The van der Waals surface area contributed by atoms with Crippen molar-refractivity contribution in [3.05, 3.63) is 17.5 Å². The first-order valence-electron chi connectivity index (χ1n) is 4.80. The molecule has 5 heteroatoms. The first kappa shape index (κ1) is 11.4. The van der Waals surface area contributed by atoms with E-state index in [4.69, 9.17) is 5.11 Å². The molecule has 1 heterocycles. The fourth-order valence-electron chi connectivity index (χ4n) is 1.12. The molecule has 2 N–H and O–H groups in total. The smallest absolute Gasteiger partial charge is 0.322 e. The Labute approximate surface area is 88.6 Å². The van der Waals surface area contributed by atoms with Crippen molar-refractivity contribution >= 4 is 11.9 Å². The predicted octanol–water partition coefficient (Wildman–Crippen LogP) is 1.40. The van der Waals surface area contributed by atoms with E-state index < -0.39 is 5.97 Å². The average molecular weight is 209 g/mol. The highest BCUT2D eigenvalue weighted by molar-refractivity contribution is 5.71. The lowest BCUT2D eigenvalue weighted by Gasteiger charge is -2.08. The minimum Gasteiger partial charge on any atom is -0.480 e. The summed E-state index contributed by atoms with van der Waals surface area (Å²) in [4.78, 5) is 18.7. The number of nitrogens with zero attached hydrogens (tertiary/aromatic N) is 2. The standard InChI is InChI=1S/C10H15N3O2/c1-6(2)8-4-7(3)12-10(13-8)11-5-9(14)15/h4,6H,5H2,1-3H3,(H,14,15)(H,11,12,13). The van der Waals surface area contributed by atoms with Gasteiger partial charge in [-0.25, -0.2) is 9.97 Å². The molecule has 82 valence electrons. The number of nitrogens with one attached hydrogen (secondary N) is 1. The van der Waals surface area contributed by atoms with Crippen LogP contribution in [-0.2, 0) is 4.79 Å². The van der Waals surface area contributed by atoms with Gasteiger partial charge >= 0.3 is 5.97 Å². The molecule has 0 atom stereocenters. The van der Waals surface area contributed by atoms with Gasteiger partial charge in [0.25, 0.3) is 0 Å². The summed E-state index contributed by atoms with van der Waals surface area (Å²) in [5, 5.41) is 11.2. The van der Waals surface area contributed by atoms with Crippen molar-refractivity contribution in [3.63, 3.8) is 0 Å². The van der Waals surface area contributed by atoms with Crippen molar-refractivity contribution < 1.29 is 9.90 Å². The number of aromatic nitrogens is 2. The molecule has 0 amide bonds. The third-order valence-electron chi connectivity index (χ3n) is 1.86. The van der Waals surface area contributed by atoms with Gasteiger partial charge in [-0.2, -0.15) is 0 Å². The maximum Gasteiger partial charge on any atom is 0.322 e. The van der Waals surface area contributed by atoms with Crippen LogP contribution in [0.4, 0.5) is 5.95 Å². The molecule has 0 saturated heterocycles. The second-order valence-electron chi connectivity index (χ2n) is 3.66. The third kappa shape index (κ3) is 3.53. The van der Waals surface area contributed by atoms with Crippen LogP contribution in [0.2, 0.25) is 0 Å². The van der Waals surface area contributed by atoms with E-state index in [-0.39, 0.29) is 6.54 Å². The van der Waals surface area contributed by atoms with Crippen LogP contribution in [0.1, 0.15) is 31.2 Å². The molecule has 0 saturated carbocycles. The summed E-state index contributed by atoms with van der Waals surface area (Å²) in [5.74, 6) is -0.246. The highest BCUT2D eigenvalue weighted by atomic mass is 16.4. The quantitative estimate of drug-likeness (QED) is 0.784. The summed E-state index contributed by atoms with van der Waals surface area (Å²) in [6.45, 7) is 5.76. The zero-order valence-corrected chi connectivity index (χ0v) is 9.11. The van der Waals surface area contributed by atoms with Crippen molar-refractivity contribution in [3.8, 4) is 0 Å². The zero-order valence-electron chi connectivity index (χ0n) is 9.11. The molecule has 0 unspecified atom stereocenters. The van der Waals surface area contributed by atoms with E-state index in [0.29, 0.717) is 11.9 Å². The van der Waals surface area contributed by atoms with E-state index in [1.807, 2.05) is 26.8 Å². The van der Waals surface area contributed by atoms with Gasteiger partial charge in [-0.3, -0.25) is 4.79 Å². The van der Waals surface area contributed by atoms with Crippen LogP contribution in [0.15, 0.2) is 6.07 Å². The topological polar surface area (TPSA) is 75.1 Å². The van der Waals surface area contributed by atoms with Gasteiger partial charge in [0.05, 0.1) is 0 Å².